The van der Waals surface area contributed by atoms with E-state index in [0.717, 1.165) is 11.1 Å². The summed E-state index contributed by atoms with van der Waals surface area (Å²) < 4.78 is 37.8. The van der Waals surface area contributed by atoms with Crippen LogP contribution in [-0.2, 0) is 11.3 Å². The number of terminal acetylenes is 1. The summed E-state index contributed by atoms with van der Waals surface area (Å²) in [6.45, 7) is -2.32. The highest BCUT2D eigenvalue weighted by Crippen LogP contribution is 2.19. The summed E-state index contributed by atoms with van der Waals surface area (Å²) in [6, 6.07) is 2.45. The van der Waals surface area contributed by atoms with Gasteiger partial charge in [0.2, 0.25) is 0 Å². The number of hydrogen-bond donors (Lipinski definition) is 1. The van der Waals surface area contributed by atoms with Crippen LogP contribution >= 0.6 is 0 Å². The summed E-state index contributed by atoms with van der Waals surface area (Å²) >= 11 is 0. The summed E-state index contributed by atoms with van der Waals surface area (Å²) in [7, 11) is 0. The average Bonchev–Trinajstić information content (AvgIpc) is 2.72. The van der Waals surface area contributed by atoms with E-state index in [-0.39, 0.29) is 12.2 Å². The lowest BCUT2D eigenvalue weighted by atomic mass is 10.3. The van der Waals surface area contributed by atoms with Crippen LogP contribution in [0.25, 0.3) is 0 Å². The molecule has 1 aromatic heterocycles. The molecule has 0 aliphatic rings. The zero-order chi connectivity index (χ0) is 15.3. The molecule has 0 fully saturated rings. The largest absolute Gasteiger partial charge is 0.480 e. The minimum absolute atomic E-state index is 0.265. The third-order valence-corrected chi connectivity index (χ3v) is 2.29. The second kappa shape index (κ2) is 6.14. The first kappa shape index (κ1) is 15.6. The molecule has 20 heavy (non-hydrogen) atoms. The molecule has 5 nitrogen and oxygen atoms in total. The smallest absolute Gasteiger partial charge is 0.406 e. The van der Waals surface area contributed by atoms with Crippen LogP contribution in [-0.4, -0.2) is 45.7 Å². The van der Waals surface area contributed by atoms with Crippen LogP contribution in [0.1, 0.15) is 10.5 Å². The number of carboxylic acids is 1. The van der Waals surface area contributed by atoms with Crippen LogP contribution in [0.15, 0.2) is 18.3 Å². The van der Waals surface area contributed by atoms with E-state index in [1.807, 2.05) is 0 Å². The van der Waals surface area contributed by atoms with Crippen LogP contribution in [0.4, 0.5) is 13.2 Å². The molecule has 108 valence electrons. The number of aliphatic carboxylic acids is 1. The molecule has 1 amide bonds. The third-order valence-electron chi connectivity index (χ3n) is 2.29. The van der Waals surface area contributed by atoms with Gasteiger partial charge in [0.25, 0.3) is 5.91 Å². The molecule has 0 aromatic carbocycles. The second-order valence-corrected chi connectivity index (χ2v) is 3.90. The fraction of sp³-hybridized carbons (Fsp3) is 0.333. The molecule has 0 radical (unpaired) electrons. The van der Waals surface area contributed by atoms with Gasteiger partial charge in [-0.3, -0.25) is 9.59 Å². The van der Waals surface area contributed by atoms with E-state index in [0.29, 0.717) is 4.57 Å². The fourth-order valence-electron chi connectivity index (χ4n) is 1.57. The molecule has 0 atom stereocenters. The van der Waals surface area contributed by atoms with Gasteiger partial charge >= 0.3 is 12.1 Å². The van der Waals surface area contributed by atoms with Crippen LogP contribution in [0.3, 0.4) is 0 Å². The Bertz CT molecular complexity index is 543. The maximum Gasteiger partial charge on any atom is 0.406 e. The first-order chi connectivity index (χ1) is 9.24. The number of rotatable bonds is 5. The number of carbonyl (C=O) groups is 2. The Hall–Kier alpha value is -2.43. The van der Waals surface area contributed by atoms with Gasteiger partial charge in [0.05, 0.1) is 6.54 Å². The van der Waals surface area contributed by atoms with Crippen molar-refractivity contribution < 1.29 is 27.9 Å². The summed E-state index contributed by atoms with van der Waals surface area (Å²) in [5, 5.41) is 8.66. The zero-order valence-corrected chi connectivity index (χ0v) is 10.2. The van der Waals surface area contributed by atoms with E-state index < -0.39 is 31.1 Å². The quantitative estimate of drug-likeness (QED) is 0.828. The SMILES string of the molecule is C#CCN(CC(=O)O)C(=O)c1cccn1CC(F)(F)F. The Morgan fingerprint density at radius 3 is 2.60 bits per heavy atom. The highest BCUT2D eigenvalue weighted by molar-refractivity contribution is 5.94. The second-order valence-electron chi connectivity index (χ2n) is 3.90. The lowest BCUT2D eigenvalue weighted by Gasteiger charge is -2.19. The Morgan fingerprint density at radius 2 is 2.10 bits per heavy atom. The van der Waals surface area contributed by atoms with Gasteiger partial charge in [0, 0.05) is 6.20 Å². The van der Waals surface area contributed by atoms with Gasteiger partial charge in [0.15, 0.2) is 0 Å². The van der Waals surface area contributed by atoms with Crippen LogP contribution < -0.4 is 0 Å². The van der Waals surface area contributed by atoms with Crippen LogP contribution in [0, 0.1) is 12.3 Å². The molecule has 8 heteroatoms. The van der Waals surface area contributed by atoms with Gasteiger partial charge in [0.1, 0.15) is 18.8 Å². The first-order valence-electron chi connectivity index (χ1n) is 5.41. The molecule has 0 unspecified atom stereocenters. The Kier molecular flexibility index (Phi) is 4.80. The van der Waals surface area contributed by atoms with E-state index in [1.165, 1.54) is 12.1 Å². The lowest BCUT2D eigenvalue weighted by molar-refractivity contribution is -0.141. The van der Waals surface area contributed by atoms with Gasteiger partial charge in [-0.15, -0.1) is 6.42 Å². The first-order valence-corrected chi connectivity index (χ1v) is 5.41. The molecule has 0 saturated carbocycles. The number of carboxylic acid groups (broad SMARTS) is 1. The van der Waals surface area contributed by atoms with Crippen molar-refractivity contribution in [3.8, 4) is 12.3 Å². The summed E-state index contributed by atoms with van der Waals surface area (Å²) in [6.07, 6.45) is 1.62. The molecule has 1 N–H and O–H groups in total. The van der Waals surface area contributed by atoms with E-state index >= 15 is 0 Å². The summed E-state index contributed by atoms with van der Waals surface area (Å²) in [5.41, 5.74) is -0.265. The number of amides is 1. The van der Waals surface area contributed by atoms with Gasteiger partial charge < -0.3 is 14.6 Å². The van der Waals surface area contributed by atoms with Crippen molar-refractivity contribution in [1.82, 2.24) is 9.47 Å². The van der Waals surface area contributed by atoms with Crippen molar-refractivity contribution in [2.24, 2.45) is 0 Å². The Labute approximate surface area is 112 Å². The topological polar surface area (TPSA) is 62.5 Å². The van der Waals surface area contributed by atoms with E-state index in [4.69, 9.17) is 11.5 Å². The fourth-order valence-corrected chi connectivity index (χ4v) is 1.57. The summed E-state index contributed by atoms with van der Waals surface area (Å²) in [4.78, 5) is 23.4. The number of carbonyl (C=O) groups excluding carboxylic acids is 1. The van der Waals surface area contributed by atoms with Gasteiger partial charge in [-0.1, -0.05) is 5.92 Å². The van der Waals surface area contributed by atoms with Crippen molar-refractivity contribution in [2.75, 3.05) is 13.1 Å². The maximum atomic E-state index is 12.3. The van der Waals surface area contributed by atoms with E-state index in [9.17, 15) is 22.8 Å². The minimum Gasteiger partial charge on any atom is -0.480 e. The third kappa shape index (κ3) is 4.35. The number of nitrogens with zero attached hydrogens (tertiary/aromatic N) is 2. The monoisotopic (exact) mass is 288 g/mol. The molecule has 1 rings (SSSR count). The van der Waals surface area contributed by atoms with Crippen molar-refractivity contribution in [1.29, 1.82) is 0 Å². The molecule has 0 bridgehead atoms. The molecule has 0 spiro atoms. The van der Waals surface area contributed by atoms with Gasteiger partial charge in [-0.05, 0) is 12.1 Å². The van der Waals surface area contributed by atoms with Crippen molar-refractivity contribution in [3.63, 3.8) is 0 Å². The van der Waals surface area contributed by atoms with Gasteiger partial charge in [-0.25, -0.2) is 0 Å². The number of alkyl halides is 3. The van der Waals surface area contributed by atoms with Crippen molar-refractivity contribution >= 4 is 11.9 Å². The normalized spacial score (nSPS) is 10.9. The standard InChI is InChI=1S/C12H11F3N2O3/c1-2-5-16(7-10(18)19)11(20)9-4-3-6-17(9)8-12(13,14)15/h1,3-4,6H,5,7-8H2,(H,18,19). The van der Waals surface area contributed by atoms with E-state index in [2.05, 4.69) is 5.92 Å². The van der Waals surface area contributed by atoms with E-state index in [1.54, 1.807) is 0 Å². The number of aromatic nitrogens is 1. The molecule has 1 aromatic rings. The van der Waals surface area contributed by atoms with Crippen LogP contribution in [0.2, 0.25) is 0 Å². The number of halogens is 3. The maximum absolute atomic E-state index is 12.3. The zero-order valence-electron chi connectivity index (χ0n) is 10.2. The highest BCUT2D eigenvalue weighted by atomic mass is 19.4. The molecular weight excluding hydrogens is 277 g/mol. The number of hydrogen-bond acceptors (Lipinski definition) is 2. The summed E-state index contributed by atoms with van der Waals surface area (Å²) in [5.74, 6) is -0.0707. The molecule has 1 heterocycles. The predicted molar refractivity (Wildman–Crippen MR) is 62.9 cm³/mol. The van der Waals surface area contributed by atoms with Crippen LogP contribution in [0.5, 0.6) is 0 Å². The molecule has 0 aliphatic heterocycles. The Morgan fingerprint density at radius 1 is 1.45 bits per heavy atom. The van der Waals surface area contributed by atoms with Crippen molar-refractivity contribution in [3.05, 3.63) is 24.0 Å². The van der Waals surface area contributed by atoms with Crippen molar-refractivity contribution in [2.45, 2.75) is 12.7 Å². The average molecular weight is 288 g/mol. The molecule has 0 saturated heterocycles. The predicted octanol–water partition coefficient (Wildman–Crippen LogP) is 1.21. The molecular formula is C12H11F3N2O3. The lowest BCUT2D eigenvalue weighted by Crippen LogP contribution is -2.37. The molecule has 0 aliphatic carbocycles. The minimum atomic E-state index is -4.49. The highest BCUT2D eigenvalue weighted by Gasteiger charge is 2.30. The Balaban J connectivity index is 2.98. The van der Waals surface area contributed by atoms with Gasteiger partial charge in [-0.2, -0.15) is 13.2 Å².